The molecule has 0 aliphatic carbocycles. The Hall–Kier alpha value is -1.77. The lowest BCUT2D eigenvalue weighted by Gasteiger charge is -2.20. The fourth-order valence-corrected chi connectivity index (χ4v) is 4.12. The van der Waals surface area contributed by atoms with Gasteiger partial charge in [-0.05, 0) is 67.0 Å². The van der Waals surface area contributed by atoms with Gasteiger partial charge in [-0.1, -0.05) is 6.07 Å². The summed E-state index contributed by atoms with van der Waals surface area (Å²) >= 11 is 3.31. The minimum atomic E-state index is -3.72. The molecule has 2 aromatic rings. The summed E-state index contributed by atoms with van der Waals surface area (Å²) < 4.78 is 28.0. The van der Waals surface area contributed by atoms with Gasteiger partial charge in [-0.3, -0.25) is 9.78 Å². The number of aromatic nitrogens is 1. The first kappa shape index (κ1) is 20.5. The molecule has 6 nitrogen and oxygen atoms in total. The second-order valence-electron chi connectivity index (χ2n) is 6.82. The van der Waals surface area contributed by atoms with Crippen molar-refractivity contribution in [3.63, 3.8) is 0 Å². The Morgan fingerprint density at radius 3 is 2.54 bits per heavy atom. The summed E-state index contributed by atoms with van der Waals surface area (Å²) in [5.41, 5.74) is 0.525. The van der Waals surface area contributed by atoms with Gasteiger partial charge in [-0.2, -0.15) is 0 Å². The Labute approximate surface area is 162 Å². The van der Waals surface area contributed by atoms with Crippen molar-refractivity contribution in [2.45, 2.75) is 37.6 Å². The Balaban J connectivity index is 2.12. The molecule has 1 aromatic heterocycles. The lowest BCUT2D eigenvalue weighted by molar-refractivity contribution is 0.0953. The largest absolute Gasteiger partial charge is 0.352 e. The van der Waals surface area contributed by atoms with Crippen molar-refractivity contribution in [3.05, 3.63) is 58.3 Å². The number of amides is 1. The van der Waals surface area contributed by atoms with Crippen molar-refractivity contribution in [2.75, 3.05) is 6.54 Å². The smallest absolute Gasteiger partial charge is 0.252 e. The molecular weight excluding hydrogens is 418 g/mol. The lowest BCUT2D eigenvalue weighted by atomic mass is 10.1. The standard InChI is InChI=1S/C18H22BrN3O3S/c1-18(2,3)22-26(24,25)14-7-8-16(19)15(12-14)17(23)21-11-9-13-6-4-5-10-20-13/h4-8,10,12,22H,9,11H2,1-3H3,(H,21,23). The molecule has 1 heterocycles. The van der Waals surface area contributed by atoms with E-state index in [1.54, 1.807) is 33.0 Å². The lowest BCUT2D eigenvalue weighted by Crippen LogP contribution is -2.40. The highest BCUT2D eigenvalue weighted by Gasteiger charge is 2.23. The van der Waals surface area contributed by atoms with E-state index in [2.05, 4.69) is 31.0 Å². The Kier molecular flexibility index (Phi) is 6.54. The van der Waals surface area contributed by atoms with Crippen LogP contribution in [0, 0.1) is 0 Å². The molecule has 0 atom stereocenters. The number of halogens is 1. The van der Waals surface area contributed by atoms with Crippen molar-refractivity contribution in [1.29, 1.82) is 0 Å². The average molecular weight is 440 g/mol. The number of nitrogens with one attached hydrogen (secondary N) is 2. The van der Waals surface area contributed by atoms with E-state index in [4.69, 9.17) is 0 Å². The van der Waals surface area contributed by atoms with Crippen LogP contribution in [0.5, 0.6) is 0 Å². The van der Waals surface area contributed by atoms with E-state index in [0.29, 0.717) is 17.4 Å². The van der Waals surface area contributed by atoms with Crippen molar-refractivity contribution in [3.8, 4) is 0 Å². The SMILES string of the molecule is CC(C)(C)NS(=O)(=O)c1ccc(Br)c(C(=O)NCCc2ccccn2)c1. The number of nitrogens with zero attached hydrogens (tertiary/aromatic N) is 1. The third-order valence-corrected chi connectivity index (χ3v) is 5.77. The first-order chi connectivity index (χ1) is 12.1. The summed E-state index contributed by atoms with van der Waals surface area (Å²) in [6.45, 7) is 5.68. The number of hydrogen-bond acceptors (Lipinski definition) is 4. The van der Waals surface area contributed by atoms with Crippen LogP contribution in [0.15, 0.2) is 52.0 Å². The normalized spacial score (nSPS) is 12.0. The van der Waals surface area contributed by atoms with Gasteiger partial charge in [0.05, 0.1) is 10.5 Å². The van der Waals surface area contributed by atoms with Crippen molar-refractivity contribution in [2.24, 2.45) is 0 Å². The van der Waals surface area contributed by atoms with Gasteiger partial charge < -0.3 is 5.32 Å². The van der Waals surface area contributed by atoms with E-state index in [1.165, 1.54) is 12.1 Å². The summed E-state index contributed by atoms with van der Waals surface area (Å²) in [5, 5.41) is 2.79. The van der Waals surface area contributed by atoms with Gasteiger partial charge in [0.1, 0.15) is 0 Å². The first-order valence-corrected chi connectivity index (χ1v) is 10.4. The highest BCUT2D eigenvalue weighted by molar-refractivity contribution is 9.10. The summed E-state index contributed by atoms with van der Waals surface area (Å²) in [7, 11) is -3.72. The fourth-order valence-electron chi connectivity index (χ4n) is 2.25. The number of hydrogen-bond donors (Lipinski definition) is 2. The Bertz CT molecular complexity index is 878. The van der Waals surface area contributed by atoms with Crippen LogP contribution in [0.2, 0.25) is 0 Å². The molecule has 0 unspecified atom stereocenters. The molecule has 2 rings (SSSR count). The highest BCUT2D eigenvalue weighted by atomic mass is 79.9. The first-order valence-electron chi connectivity index (χ1n) is 8.10. The molecule has 0 saturated carbocycles. The van der Waals surface area contributed by atoms with E-state index < -0.39 is 15.6 Å². The maximum atomic E-state index is 12.5. The minimum absolute atomic E-state index is 0.0468. The average Bonchev–Trinajstić information content (AvgIpc) is 2.53. The predicted octanol–water partition coefficient (Wildman–Crippen LogP) is 2.89. The van der Waals surface area contributed by atoms with Crippen molar-refractivity contribution < 1.29 is 13.2 Å². The molecule has 140 valence electrons. The highest BCUT2D eigenvalue weighted by Crippen LogP contribution is 2.22. The third kappa shape index (κ3) is 5.89. The van der Waals surface area contributed by atoms with Gasteiger partial charge in [-0.15, -0.1) is 0 Å². The summed E-state index contributed by atoms with van der Waals surface area (Å²) in [6, 6.07) is 9.99. The Morgan fingerprint density at radius 1 is 1.19 bits per heavy atom. The molecule has 0 aliphatic heterocycles. The molecule has 26 heavy (non-hydrogen) atoms. The van der Waals surface area contributed by atoms with Crippen LogP contribution in [-0.4, -0.2) is 31.4 Å². The number of pyridine rings is 1. The number of rotatable bonds is 6. The molecule has 0 aliphatic rings. The maximum Gasteiger partial charge on any atom is 0.252 e. The number of carbonyl (C=O) groups excluding carboxylic acids is 1. The molecule has 0 spiro atoms. The van der Waals surface area contributed by atoms with Crippen LogP contribution in [0.1, 0.15) is 36.8 Å². The molecule has 1 amide bonds. The van der Waals surface area contributed by atoms with Crippen LogP contribution >= 0.6 is 15.9 Å². The van der Waals surface area contributed by atoms with Crippen molar-refractivity contribution >= 4 is 31.9 Å². The number of benzene rings is 1. The second-order valence-corrected chi connectivity index (χ2v) is 9.36. The molecule has 2 N–H and O–H groups in total. The minimum Gasteiger partial charge on any atom is -0.352 e. The molecular formula is C18H22BrN3O3S. The summed E-state index contributed by atoms with van der Waals surface area (Å²) in [5.74, 6) is -0.347. The fraction of sp³-hybridized carbons (Fsp3) is 0.333. The van der Waals surface area contributed by atoms with Gasteiger partial charge in [-0.25, -0.2) is 13.1 Å². The summed E-state index contributed by atoms with van der Waals surface area (Å²) in [4.78, 5) is 16.7. The topological polar surface area (TPSA) is 88.2 Å². The predicted molar refractivity (Wildman–Crippen MR) is 104 cm³/mol. The zero-order valence-corrected chi connectivity index (χ0v) is 17.3. The van der Waals surface area contributed by atoms with E-state index in [9.17, 15) is 13.2 Å². The zero-order valence-electron chi connectivity index (χ0n) is 14.9. The quantitative estimate of drug-likeness (QED) is 0.723. The summed E-state index contributed by atoms with van der Waals surface area (Å²) in [6.07, 6.45) is 2.29. The van der Waals surface area contributed by atoms with Gasteiger partial charge in [0.15, 0.2) is 0 Å². The number of sulfonamides is 1. The molecule has 0 bridgehead atoms. The van der Waals surface area contributed by atoms with Gasteiger partial charge in [0.25, 0.3) is 5.91 Å². The van der Waals surface area contributed by atoms with Crippen LogP contribution in [-0.2, 0) is 16.4 Å². The van der Waals surface area contributed by atoms with E-state index in [0.717, 1.165) is 5.69 Å². The maximum absolute atomic E-state index is 12.5. The van der Waals surface area contributed by atoms with E-state index >= 15 is 0 Å². The van der Waals surface area contributed by atoms with Gasteiger partial charge in [0, 0.05) is 34.9 Å². The van der Waals surface area contributed by atoms with Gasteiger partial charge >= 0.3 is 0 Å². The second kappa shape index (κ2) is 8.28. The van der Waals surface area contributed by atoms with E-state index in [1.807, 2.05) is 18.2 Å². The van der Waals surface area contributed by atoms with Crippen LogP contribution < -0.4 is 10.0 Å². The molecule has 1 aromatic carbocycles. The van der Waals surface area contributed by atoms with Gasteiger partial charge in [0.2, 0.25) is 10.0 Å². The molecule has 0 saturated heterocycles. The Morgan fingerprint density at radius 2 is 1.92 bits per heavy atom. The van der Waals surface area contributed by atoms with Crippen molar-refractivity contribution in [1.82, 2.24) is 15.0 Å². The van der Waals surface area contributed by atoms with E-state index in [-0.39, 0.29) is 16.4 Å². The van der Waals surface area contributed by atoms with Crippen LogP contribution in [0.25, 0.3) is 0 Å². The monoisotopic (exact) mass is 439 g/mol. The molecule has 0 fully saturated rings. The molecule has 0 radical (unpaired) electrons. The van der Waals surface area contributed by atoms with Crippen LogP contribution in [0.3, 0.4) is 0 Å². The molecule has 8 heteroatoms. The number of carbonyl (C=O) groups is 1. The zero-order chi connectivity index (χ0) is 19.4. The third-order valence-electron chi connectivity index (χ3n) is 3.33. The van der Waals surface area contributed by atoms with Crippen LogP contribution in [0.4, 0.5) is 0 Å².